The van der Waals surface area contributed by atoms with Gasteiger partial charge in [-0.3, -0.25) is 9.59 Å². The van der Waals surface area contributed by atoms with Gasteiger partial charge in [0.2, 0.25) is 0 Å². The van der Waals surface area contributed by atoms with Gasteiger partial charge in [-0.05, 0) is 6.08 Å². The SMILES string of the molecule is C=CC(=O)OCCn1c(=O)n(CCOC(=O)CC)c(=O)n(CC(O)C(=O)C=C)c1=O. The normalized spacial score (nSPS) is 11.4. The summed E-state index contributed by atoms with van der Waals surface area (Å²) in [6.45, 7) is 5.77. The van der Waals surface area contributed by atoms with Crippen molar-refractivity contribution in [3.8, 4) is 0 Å². The first kappa shape index (κ1) is 24.5. The van der Waals surface area contributed by atoms with Crippen LogP contribution in [0.15, 0.2) is 39.7 Å². The molecule has 0 saturated heterocycles. The highest BCUT2D eigenvalue weighted by Crippen LogP contribution is 1.91. The van der Waals surface area contributed by atoms with Crippen molar-refractivity contribution in [3.05, 3.63) is 56.8 Å². The zero-order chi connectivity index (χ0) is 22.8. The highest BCUT2D eigenvalue weighted by atomic mass is 16.5. The van der Waals surface area contributed by atoms with E-state index in [0.29, 0.717) is 13.7 Å². The van der Waals surface area contributed by atoms with Gasteiger partial charge in [0.15, 0.2) is 5.78 Å². The molecule has 12 heteroatoms. The molecule has 0 radical (unpaired) electrons. The van der Waals surface area contributed by atoms with E-state index in [1.807, 2.05) is 0 Å². The summed E-state index contributed by atoms with van der Waals surface area (Å²) in [5.41, 5.74) is -3.25. The zero-order valence-corrected chi connectivity index (χ0v) is 16.4. The quantitative estimate of drug-likeness (QED) is 0.295. The van der Waals surface area contributed by atoms with Crippen molar-refractivity contribution in [2.45, 2.75) is 39.1 Å². The van der Waals surface area contributed by atoms with Gasteiger partial charge in [0, 0.05) is 12.5 Å². The van der Waals surface area contributed by atoms with E-state index in [1.165, 1.54) is 0 Å². The molecule has 0 saturated carbocycles. The Morgan fingerprint density at radius 1 is 0.933 bits per heavy atom. The minimum Gasteiger partial charge on any atom is -0.464 e. The molecule has 0 aliphatic rings. The number of ether oxygens (including phenoxy) is 2. The summed E-state index contributed by atoms with van der Waals surface area (Å²) >= 11 is 0. The molecule has 1 aromatic heterocycles. The van der Waals surface area contributed by atoms with Crippen molar-refractivity contribution in [2.24, 2.45) is 0 Å². The van der Waals surface area contributed by atoms with Crippen molar-refractivity contribution < 1.29 is 29.0 Å². The molecule has 12 nitrogen and oxygen atoms in total. The lowest BCUT2D eigenvalue weighted by molar-refractivity contribution is -0.143. The summed E-state index contributed by atoms with van der Waals surface area (Å²) in [4.78, 5) is 71.8. The second-order valence-corrected chi connectivity index (χ2v) is 5.83. The van der Waals surface area contributed by atoms with Gasteiger partial charge in [-0.2, -0.15) is 0 Å². The fourth-order valence-corrected chi connectivity index (χ4v) is 2.27. The predicted molar refractivity (Wildman–Crippen MR) is 103 cm³/mol. The van der Waals surface area contributed by atoms with Crippen molar-refractivity contribution in [3.63, 3.8) is 0 Å². The first-order valence-electron chi connectivity index (χ1n) is 8.91. The van der Waals surface area contributed by atoms with Crippen molar-refractivity contribution in [2.75, 3.05) is 13.2 Å². The van der Waals surface area contributed by atoms with E-state index in [0.717, 1.165) is 12.2 Å². The third-order valence-electron chi connectivity index (χ3n) is 3.86. The van der Waals surface area contributed by atoms with E-state index in [-0.39, 0.29) is 26.2 Å². The number of aromatic nitrogens is 3. The lowest BCUT2D eigenvalue weighted by Crippen LogP contribution is -2.56. The average molecular weight is 425 g/mol. The van der Waals surface area contributed by atoms with Crippen LogP contribution in [-0.2, 0) is 43.5 Å². The van der Waals surface area contributed by atoms with Crippen molar-refractivity contribution in [1.29, 1.82) is 0 Å². The maximum atomic E-state index is 12.6. The van der Waals surface area contributed by atoms with Gasteiger partial charge in [-0.25, -0.2) is 32.9 Å². The Balaban J connectivity index is 3.36. The van der Waals surface area contributed by atoms with E-state index >= 15 is 0 Å². The Bertz CT molecular complexity index is 1000. The number of carbonyl (C=O) groups is 3. The first-order valence-corrected chi connectivity index (χ1v) is 8.91. The molecule has 1 N–H and O–H groups in total. The Kier molecular flexibility index (Phi) is 9.36. The Morgan fingerprint density at radius 2 is 1.43 bits per heavy atom. The summed E-state index contributed by atoms with van der Waals surface area (Å²) in [7, 11) is 0. The van der Waals surface area contributed by atoms with Gasteiger partial charge < -0.3 is 14.6 Å². The minimum atomic E-state index is -1.75. The van der Waals surface area contributed by atoms with Crippen molar-refractivity contribution >= 4 is 17.7 Å². The molecule has 1 atom stereocenters. The summed E-state index contributed by atoms with van der Waals surface area (Å²) < 4.78 is 11.3. The van der Waals surface area contributed by atoms with Crippen LogP contribution in [0.25, 0.3) is 0 Å². The molecule has 0 aliphatic carbocycles. The van der Waals surface area contributed by atoms with Gasteiger partial charge >= 0.3 is 29.0 Å². The highest BCUT2D eigenvalue weighted by Gasteiger charge is 2.20. The van der Waals surface area contributed by atoms with Crippen LogP contribution in [0.4, 0.5) is 0 Å². The fourth-order valence-electron chi connectivity index (χ4n) is 2.27. The summed E-state index contributed by atoms with van der Waals surface area (Å²) in [5.74, 6) is -2.17. The monoisotopic (exact) mass is 425 g/mol. The molecule has 0 aromatic carbocycles. The molecule has 0 bridgehead atoms. The molecule has 1 aromatic rings. The maximum Gasteiger partial charge on any atom is 0.336 e. The molecule has 164 valence electrons. The summed E-state index contributed by atoms with van der Waals surface area (Å²) in [5, 5.41) is 9.87. The molecule has 0 amide bonds. The third-order valence-corrected chi connectivity index (χ3v) is 3.86. The Morgan fingerprint density at radius 3 is 1.90 bits per heavy atom. The molecular weight excluding hydrogens is 402 g/mol. The van der Waals surface area contributed by atoms with Crippen LogP contribution < -0.4 is 17.1 Å². The van der Waals surface area contributed by atoms with Crippen LogP contribution in [0.3, 0.4) is 0 Å². The highest BCUT2D eigenvalue weighted by molar-refractivity contribution is 5.92. The van der Waals surface area contributed by atoms with E-state index in [2.05, 4.69) is 13.2 Å². The molecule has 1 rings (SSSR count). The number of hydrogen-bond acceptors (Lipinski definition) is 9. The van der Waals surface area contributed by atoms with Crippen molar-refractivity contribution in [1.82, 2.24) is 13.7 Å². The lowest BCUT2D eigenvalue weighted by Gasteiger charge is -2.15. The van der Waals surface area contributed by atoms with Gasteiger partial charge in [-0.1, -0.05) is 20.1 Å². The number of nitrogens with zero attached hydrogens (tertiary/aromatic N) is 3. The van der Waals surface area contributed by atoms with E-state index in [9.17, 15) is 33.9 Å². The number of hydrogen-bond donors (Lipinski definition) is 1. The second-order valence-electron chi connectivity index (χ2n) is 5.83. The van der Waals surface area contributed by atoms with E-state index in [1.54, 1.807) is 6.92 Å². The second kappa shape index (κ2) is 11.5. The number of carbonyl (C=O) groups excluding carboxylic acids is 3. The van der Waals surface area contributed by atoms with Crippen LogP contribution in [0.2, 0.25) is 0 Å². The average Bonchev–Trinajstić information content (AvgIpc) is 2.74. The van der Waals surface area contributed by atoms with Crippen LogP contribution in [-0.4, -0.2) is 55.8 Å². The summed E-state index contributed by atoms with van der Waals surface area (Å²) in [6, 6.07) is 0. The molecule has 0 fully saturated rings. The largest absolute Gasteiger partial charge is 0.464 e. The third kappa shape index (κ3) is 6.24. The number of ketones is 1. The molecule has 1 heterocycles. The van der Waals surface area contributed by atoms with E-state index < -0.39 is 54.0 Å². The summed E-state index contributed by atoms with van der Waals surface area (Å²) in [6.07, 6.45) is 0.0528. The van der Waals surface area contributed by atoms with Crippen LogP contribution in [0.5, 0.6) is 0 Å². The Hall–Kier alpha value is -3.54. The number of rotatable bonds is 12. The van der Waals surface area contributed by atoms with Gasteiger partial charge in [-0.15, -0.1) is 0 Å². The first-order chi connectivity index (χ1) is 14.2. The molecule has 1 unspecified atom stereocenters. The predicted octanol–water partition coefficient (Wildman–Crippen LogP) is -2.03. The molecular formula is C18H23N3O9. The van der Waals surface area contributed by atoms with Crippen LogP contribution >= 0.6 is 0 Å². The number of esters is 2. The van der Waals surface area contributed by atoms with Gasteiger partial charge in [0.1, 0.15) is 19.3 Å². The van der Waals surface area contributed by atoms with Crippen LogP contribution in [0.1, 0.15) is 13.3 Å². The molecule has 30 heavy (non-hydrogen) atoms. The molecule has 0 spiro atoms. The van der Waals surface area contributed by atoms with Crippen LogP contribution in [0, 0.1) is 0 Å². The van der Waals surface area contributed by atoms with Gasteiger partial charge in [0.05, 0.1) is 19.6 Å². The number of aliphatic hydroxyl groups is 1. The maximum absolute atomic E-state index is 12.6. The van der Waals surface area contributed by atoms with E-state index in [4.69, 9.17) is 9.47 Å². The van der Waals surface area contributed by atoms with Gasteiger partial charge in [0.25, 0.3) is 0 Å². The standard InChI is InChI=1S/C18H23N3O9/c1-4-12(22)13(23)11-21-17(27)19(7-9-29-14(24)5-2)16(26)20(18(21)28)8-10-30-15(25)6-3/h4-5,13,23H,1-2,6-11H2,3H3. The number of aliphatic hydroxyl groups excluding tert-OH is 1. The Labute approximate surface area is 170 Å². The lowest BCUT2D eigenvalue weighted by atomic mass is 10.2. The fraction of sp³-hybridized carbons (Fsp3) is 0.444. The molecule has 0 aliphatic heterocycles. The topological polar surface area (TPSA) is 156 Å². The smallest absolute Gasteiger partial charge is 0.336 e. The minimum absolute atomic E-state index is 0.0865. The zero-order valence-electron chi connectivity index (χ0n) is 16.4.